The average molecular weight is 515 g/mol. The van der Waals surface area contributed by atoms with Crippen molar-refractivity contribution in [3.63, 3.8) is 0 Å². The Kier molecular flexibility index (Phi) is 6.91. The highest BCUT2D eigenvalue weighted by atomic mass is 79.9. The van der Waals surface area contributed by atoms with E-state index in [1.807, 2.05) is 0 Å². The van der Waals surface area contributed by atoms with E-state index >= 15 is 0 Å². The number of aromatic nitrogens is 1. The summed E-state index contributed by atoms with van der Waals surface area (Å²) in [6.45, 7) is 0.201. The highest BCUT2D eigenvalue weighted by Gasteiger charge is 2.30. The number of anilines is 2. The predicted molar refractivity (Wildman–Crippen MR) is 116 cm³/mol. The molecule has 162 valence electrons. The van der Waals surface area contributed by atoms with Crippen molar-refractivity contribution in [1.29, 1.82) is 0 Å². The minimum Gasteiger partial charge on any atom is -0.307 e. The number of hydrogen-bond acceptors (Lipinski definition) is 5. The largest absolute Gasteiger partial charge is 0.416 e. The van der Waals surface area contributed by atoms with Crippen molar-refractivity contribution in [2.45, 2.75) is 6.18 Å². The molecule has 0 aliphatic heterocycles. The summed E-state index contributed by atoms with van der Waals surface area (Å²) in [5.74, 6) is 0. The van der Waals surface area contributed by atoms with Gasteiger partial charge in [-0.15, -0.1) is 11.3 Å². The van der Waals surface area contributed by atoms with E-state index in [9.17, 15) is 28.1 Å². The van der Waals surface area contributed by atoms with Crippen LogP contribution in [0, 0.1) is 10.1 Å². The van der Waals surface area contributed by atoms with Crippen LogP contribution in [-0.2, 0) is 6.18 Å². The van der Waals surface area contributed by atoms with Gasteiger partial charge < -0.3 is 5.32 Å². The molecule has 1 N–H and O–H groups in total. The predicted octanol–water partition coefficient (Wildman–Crippen LogP) is 6.17. The van der Waals surface area contributed by atoms with Crippen molar-refractivity contribution in [1.82, 2.24) is 4.98 Å². The summed E-state index contributed by atoms with van der Waals surface area (Å²) >= 11 is 4.38. The number of nitrogens with zero attached hydrogens (tertiary/aromatic N) is 3. The number of carbonyl (C=O) groups excluding carboxylic acids is 1. The normalized spacial score (nSPS) is 11.2. The highest BCUT2D eigenvalue weighted by molar-refractivity contribution is 9.09. The van der Waals surface area contributed by atoms with E-state index in [4.69, 9.17) is 0 Å². The number of benzene rings is 2. The molecule has 0 unspecified atom stereocenters. The SMILES string of the molecule is O=C(Nc1cccc(C(F)(F)F)c1)N(CCBr)c1nc(-c2cccc([N+](=O)[O-])c2)cs1. The van der Waals surface area contributed by atoms with Gasteiger partial charge in [0.05, 0.1) is 16.2 Å². The van der Waals surface area contributed by atoms with Gasteiger partial charge in [-0.05, 0) is 18.2 Å². The third kappa shape index (κ3) is 5.58. The molecule has 0 aliphatic carbocycles. The zero-order chi connectivity index (χ0) is 22.6. The Morgan fingerprint density at radius 1 is 1.23 bits per heavy atom. The molecule has 12 heteroatoms. The smallest absolute Gasteiger partial charge is 0.307 e. The second kappa shape index (κ2) is 9.43. The number of carbonyl (C=O) groups is 1. The molecule has 2 amide bonds. The van der Waals surface area contributed by atoms with Crippen molar-refractivity contribution in [3.8, 4) is 11.3 Å². The third-order valence-electron chi connectivity index (χ3n) is 4.07. The minimum absolute atomic E-state index is 0.00476. The fourth-order valence-corrected chi connectivity index (χ4v) is 3.85. The number of rotatable bonds is 6. The first-order chi connectivity index (χ1) is 14.7. The lowest BCUT2D eigenvalue weighted by Crippen LogP contribution is -2.36. The van der Waals surface area contributed by atoms with Crippen molar-refractivity contribution in [3.05, 3.63) is 69.6 Å². The van der Waals surface area contributed by atoms with Crippen molar-refractivity contribution in [2.24, 2.45) is 0 Å². The van der Waals surface area contributed by atoms with E-state index < -0.39 is 22.7 Å². The Labute approximate surface area is 186 Å². The molecule has 0 radical (unpaired) electrons. The second-order valence-corrected chi connectivity index (χ2v) is 7.80. The summed E-state index contributed by atoms with van der Waals surface area (Å²) in [7, 11) is 0. The van der Waals surface area contributed by atoms with E-state index in [1.54, 1.807) is 11.4 Å². The maximum Gasteiger partial charge on any atom is 0.416 e. The fourth-order valence-electron chi connectivity index (χ4n) is 2.63. The van der Waals surface area contributed by atoms with Crippen molar-refractivity contribution >= 4 is 49.8 Å². The zero-order valence-electron chi connectivity index (χ0n) is 15.6. The second-order valence-electron chi connectivity index (χ2n) is 6.17. The molecule has 0 saturated heterocycles. The number of urea groups is 1. The first-order valence-electron chi connectivity index (χ1n) is 8.71. The topological polar surface area (TPSA) is 88.4 Å². The van der Waals surface area contributed by atoms with E-state index in [-0.39, 0.29) is 17.9 Å². The quantitative estimate of drug-likeness (QED) is 0.242. The van der Waals surface area contributed by atoms with Gasteiger partial charge in [0, 0.05) is 40.6 Å². The summed E-state index contributed by atoms with van der Waals surface area (Å²) in [5, 5.41) is 15.8. The monoisotopic (exact) mass is 514 g/mol. The average Bonchev–Trinajstić information content (AvgIpc) is 3.21. The fraction of sp³-hybridized carbons (Fsp3) is 0.158. The lowest BCUT2D eigenvalue weighted by molar-refractivity contribution is -0.384. The molecule has 1 heterocycles. The lowest BCUT2D eigenvalue weighted by Gasteiger charge is -2.19. The van der Waals surface area contributed by atoms with Crippen LogP contribution in [0.3, 0.4) is 0 Å². The van der Waals surface area contributed by atoms with Crippen LogP contribution in [0.25, 0.3) is 11.3 Å². The molecule has 0 atom stereocenters. The summed E-state index contributed by atoms with van der Waals surface area (Å²) in [6, 6.07) is 9.59. The number of nitro groups is 1. The van der Waals surface area contributed by atoms with Crippen LogP contribution in [0.4, 0.5) is 34.5 Å². The van der Waals surface area contributed by atoms with Crippen LogP contribution in [0.5, 0.6) is 0 Å². The van der Waals surface area contributed by atoms with Gasteiger partial charge in [0.1, 0.15) is 0 Å². The maximum atomic E-state index is 12.9. The molecule has 3 aromatic rings. The van der Waals surface area contributed by atoms with E-state index in [1.165, 1.54) is 35.2 Å². The van der Waals surface area contributed by atoms with Gasteiger partial charge in [-0.1, -0.05) is 34.1 Å². The number of alkyl halides is 4. The Balaban J connectivity index is 1.84. The molecule has 2 aromatic carbocycles. The minimum atomic E-state index is -4.53. The molecule has 31 heavy (non-hydrogen) atoms. The summed E-state index contributed by atoms with van der Waals surface area (Å²) in [6.07, 6.45) is -4.53. The molecule has 3 rings (SSSR count). The third-order valence-corrected chi connectivity index (χ3v) is 5.29. The number of nitro benzene ring substituents is 1. The number of thiazole rings is 1. The van der Waals surface area contributed by atoms with Crippen LogP contribution >= 0.6 is 27.3 Å². The summed E-state index contributed by atoms with van der Waals surface area (Å²) in [5.41, 5.74) is -0.0232. The van der Waals surface area contributed by atoms with Crippen molar-refractivity contribution < 1.29 is 22.9 Å². The van der Waals surface area contributed by atoms with E-state index in [0.29, 0.717) is 21.7 Å². The van der Waals surface area contributed by atoms with Crippen LogP contribution in [-0.4, -0.2) is 27.8 Å². The van der Waals surface area contributed by atoms with Crippen LogP contribution < -0.4 is 10.2 Å². The Bertz CT molecular complexity index is 1110. The lowest BCUT2D eigenvalue weighted by atomic mass is 10.1. The molecular weight excluding hydrogens is 501 g/mol. The molecule has 1 aromatic heterocycles. The van der Waals surface area contributed by atoms with Gasteiger partial charge in [-0.25, -0.2) is 9.78 Å². The zero-order valence-corrected chi connectivity index (χ0v) is 18.0. The number of nitrogens with one attached hydrogen (secondary N) is 1. The van der Waals surface area contributed by atoms with Gasteiger partial charge in [-0.2, -0.15) is 13.2 Å². The molecule has 0 bridgehead atoms. The molecular formula is C19H14BrF3N4O3S. The van der Waals surface area contributed by atoms with E-state index in [2.05, 4.69) is 26.2 Å². The number of hydrogen-bond donors (Lipinski definition) is 1. The number of amides is 2. The summed E-state index contributed by atoms with van der Waals surface area (Å²) in [4.78, 5) is 28.9. The molecule has 7 nitrogen and oxygen atoms in total. The Morgan fingerprint density at radius 2 is 1.97 bits per heavy atom. The highest BCUT2D eigenvalue weighted by Crippen LogP contribution is 2.32. The Hall–Kier alpha value is -2.99. The van der Waals surface area contributed by atoms with Gasteiger partial charge in [-0.3, -0.25) is 15.0 Å². The van der Waals surface area contributed by atoms with Crippen LogP contribution in [0.15, 0.2) is 53.9 Å². The number of halogens is 4. The molecule has 0 spiro atoms. The molecule has 0 fully saturated rings. The van der Waals surface area contributed by atoms with Crippen molar-refractivity contribution in [2.75, 3.05) is 22.1 Å². The van der Waals surface area contributed by atoms with Gasteiger partial charge >= 0.3 is 12.2 Å². The standard InChI is InChI=1S/C19H14BrF3N4O3S/c20-7-8-26(17(28)24-14-5-2-4-13(10-14)19(21,22)23)18-25-16(11-31-18)12-3-1-6-15(9-12)27(29)30/h1-6,9-11H,7-8H2,(H,24,28). The van der Waals surface area contributed by atoms with Gasteiger partial charge in [0.25, 0.3) is 5.69 Å². The van der Waals surface area contributed by atoms with Gasteiger partial charge in [0.2, 0.25) is 0 Å². The first kappa shape index (κ1) is 22.7. The van der Waals surface area contributed by atoms with Crippen LogP contribution in [0.1, 0.15) is 5.56 Å². The maximum absolute atomic E-state index is 12.9. The molecule has 0 saturated carbocycles. The Morgan fingerprint density at radius 3 is 2.65 bits per heavy atom. The van der Waals surface area contributed by atoms with E-state index in [0.717, 1.165) is 23.5 Å². The molecule has 0 aliphatic rings. The van der Waals surface area contributed by atoms with Gasteiger partial charge in [0.15, 0.2) is 5.13 Å². The van der Waals surface area contributed by atoms with Crippen LogP contribution in [0.2, 0.25) is 0 Å². The number of non-ortho nitro benzene ring substituents is 1. The summed E-state index contributed by atoms with van der Waals surface area (Å²) < 4.78 is 38.7. The first-order valence-corrected chi connectivity index (χ1v) is 10.7.